The molecular weight excluding hydrogens is 472 g/mol. The van der Waals surface area contributed by atoms with Crippen LogP contribution in [0.5, 0.6) is 0 Å². The monoisotopic (exact) mass is 496 g/mol. The third kappa shape index (κ3) is 3.88. The topological polar surface area (TPSA) is 113 Å². The number of nitrogens with two attached hydrogens (primary N) is 1. The first-order valence-electron chi connectivity index (χ1n) is 11.6. The van der Waals surface area contributed by atoms with Gasteiger partial charge in [0.1, 0.15) is 5.82 Å². The maximum absolute atomic E-state index is 13.9. The summed E-state index contributed by atoms with van der Waals surface area (Å²) in [6.45, 7) is 4.01. The number of carbonyl (C=O) groups excluding carboxylic acids is 1. The molecule has 2 N–H and O–H groups in total. The predicted octanol–water partition coefficient (Wildman–Crippen LogP) is 5.97. The Morgan fingerprint density at radius 2 is 1.81 bits per heavy atom. The minimum atomic E-state index is -0.534. The lowest BCUT2D eigenvalue weighted by Gasteiger charge is -2.41. The van der Waals surface area contributed by atoms with Crippen molar-refractivity contribution in [2.45, 2.75) is 38.5 Å². The Hall–Kier alpha value is -4.22. The fourth-order valence-corrected chi connectivity index (χ4v) is 6.32. The molecule has 0 spiro atoms. The third-order valence-electron chi connectivity index (χ3n) is 6.95. The summed E-state index contributed by atoms with van der Waals surface area (Å²) >= 11 is 1.63. The predicted molar refractivity (Wildman–Crippen MR) is 139 cm³/mol. The third-order valence-corrected chi connectivity index (χ3v) is 7.93. The van der Waals surface area contributed by atoms with Crippen LogP contribution >= 0.6 is 11.3 Å². The molecule has 0 amide bonds. The SMILES string of the molecule is Cc1cc(C2C(C#N)=C(N)N(c3ccc([N+](=O)[O-])cc3)C3=C2C(=O)CC(c2ccccc2)C3)c(C)s1. The molecule has 2 unspecified atom stereocenters. The van der Waals surface area contributed by atoms with E-state index in [-0.39, 0.29) is 23.2 Å². The van der Waals surface area contributed by atoms with Crippen LogP contribution in [0.2, 0.25) is 0 Å². The maximum atomic E-state index is 13.9. The van der Waals surface area contributed by atoms with Gasteiger partial charge in [-0.1, -0.05) is 30.3 Å². The van der Waals surface area contributed by atoms with Crippen molar-refractivity contribution in [2.75, 3.05) is 4.90 Å². The molecule has 1 aliphatic carbocycles. The van der Waals surface area contributed by atoms with E-state index in [4.69, 9.17) is 5.73 Å². The van der Waals surface area contributed by atoms with Crippen LogP contribution in [0.1, 0.15) is 45.6 Å². The van der Waals surface area contributed by atoms with Gasteiger partial charge in [-0.05, 0) is 55.5 Å². The molecule has 7 nitrogen and oxygen atoms in total. The maximum Gasteiger partial charge on any atom is 0.269 e. The van der Waals surface area contributed by atoms with Crippen LogP contribution in [0.3, 0.4) is 0 Å². The van der Waals surface area contributed by atoms with Crippen LogP contribution in [0, 0.1) is 35.3 Å². The molecule has 0 fully saturated rings. The number of rotatable bonds is 4. The van der Waals surface area contributed by atoms with E-state index in [2.05, 4.69) is 6.07 Å². The molecule has 0 saturated heterocycles. The van der Waals surface area contributed by atoms with E-state index in [1.165, 1.54) is 12.1 Å². The Kier molecular flexibility index (Phi) is 5.94. The average Bonchev–Trinajstić information content (AvgIpc) is 3.21. The van der Waals surface area contributed by atoms with Crippen molar-refractivity contribution in [3.8, 4) is 6.07 Å². The Morgan fingerprint density at radius 1 is 1.11 bits per heavy atom. The number of nitro benzene ring substituents is 1. The van der Waals surface area contributed by atoms with Crippen molar-refractivity contribution in [3.63, 3.8) is 0 Å². The number of thiophene rings is 1. The van der Waals surface area contributed by atoms with Gasteiger partial charge in [0.2, 0.25) is 0 Å². The lowest BCUT2D eigenvalue weighted by atomic mass is 9.72. The van der Waals surface area contributed by atoms with Crippen molar-refractivity contribution < 1.29 is 9.72 Å². The van der Waals surface area contributed by atoms with Gasteiger partial charge in [-0.15, -0.1) is 11.3 Å². The van der Waals surface area contributed by atoms with E-state index in [0.717, 1.165) is 26.6 Å². The second-order valence-corrected chi connectivity index (χ2v) is 10.6. The van der Waals surface area contributed by atoms with Crippen LogP contribution < -0.4 is 10.6 Å². The summed E-state index contributed by atoms with van der Waals surface area (Å²) in [5.41, 5.74) is 10.9. The van der Waals surface area contributed by atoms with Gasteiger partial charge in [0.15, 0.2) is 5.78 Å². The van der Waals surface area contributed by atoms with E-state index in [9.17, 15) is 20.2 Å². The summed E-state index contributed by atoms with van der Waals surface area (Å²) in [5.74, 6) is -0.334. The van der Waals surface area contributed by atoms with E-state index in [1.54, 1.807) is 28.4 Å². The van der Waals surface area contributed by atoms with Crippen LogP contribution in [-0.4, -0.2) is 10.7 Å². The summed E-state index contributed by atoms with van der Waals surface area (Å²) in [4.78, 5) is 28.5. The van der Waals surface area contributed by atoms with Gasteiger partial charge < -0.3 is 5.73 Å². The van der Waals surface area contributed by atoms with Gasteiger partial charge >= 0.3 is 0 Å². The molecule has 8 heteroatoms. The number of hydrogen-bond acceptors (Lipinski definition) is 7. The van der Waals surface area contributed by atoms with Crippen LogP contribution in [0.15, 0.2) is 83.3 Å². The molecule has 36 heavy (non-hydrogen) atoms. The zero-order valence-corrected chi connectivity index (χ0v) is 20.7. The van der Waals surface area contributed by atoms with E-state index < -0.39 is 10.8 Å². The number of allylic oxidation sites excluding steroid dienone is 3. The second kappa shape index (κ2) is 9.10. The smallest absolute Gasteiger partial charge is 0.269 e. The number of anilines is 1. The first kappa shape index (κ1) is 23.5. The number of aryl methyl sites for hydroxylation is 2. The zero-order valence-electron chi connectivity index (χ0n) is 19.9. The number of hydrogen-bond donors (Lipinski definition) is 1. The van der Waals surface area contributed by atoms with Crippen molar-refractivity contribution in [1.29, 1.82) is 5.26 Å². The molecule has 0 saturated carbocycles. The van der Waals surface area contributed by atoms with Crippen molar-refractivity contribution in [3.05, 3.63) is 114 Å². The van der Waals surface area contributed by atoms with E-state index >= 15 is 0 Å². The first-order chi connectivity index (χ1) is 17.3. The van der Waals surface area contributed by atoms with E-state index in [1.807, 2.05) is 50.2 Å². The van der Waals surface area contributed by atoms with Crippen LogP contribution in [0.25, 0.3) is 0 Å². The van der Waals surface area contributed by atoms with Gasteiger partial charge in [0, 0.05) is 45.3 Å². The number of non-ortho nitro benzene ring substituents is 1. The quantitative estimate of drug-likeness (QED) is 0.352. The number of nitrogens with zero attached hydrogens (tertiary/aromatic N) is 3. The van der Waals surface area contributed by atoms with Crippen molar-refractivity contribution in [1.82, 2.24) is 0 Å². The fraction of sp³-hybridized carbons (Fsp3) is 0.214. The second-order valence-electron chi connectivity index (χ2n) is 9.12. The summed E-state index contributed by atoms with van der Waals surface area (Å²) in [5, 5.41) is 21.5. The standard InChI is InChI=1S/C28H24N4O3S/c1-16-12-22(17(2)36-16)26-23(15-29)28(30)31(20-8-10-21(11-9-20)32(34)35)24-13-19(14-25(33)27(24)26)18-6-4-3-5-7-18/h3-12,19,26H,13-14,30H2,1-2H3. The number of ketones is 1. The van der Waals surface area contributed by atoms with Gasteiger partial charge in [-0.3, -0.25) is 19.8 Å². The minimum absolute atomic E-state index is 0.00878. The molecule has 0 radical (unpaired) electrons. The molecule has 5 rings (SSSR count). The van der Waals surface area contributed by atoms with E-state index in [0.29, 0.717) is 29.7 Å². The molecule has 3 aromatic rings. The molecule has 0 bridgehead atoms. The number of nitro groups is 1. The van der Waals surface area contributed by atoms with Gasteiger partial charge in [0.25, 0.3) is 5.69 Å². The molecule has 2 atom stereocenters. The van der Waals surface area contributed by atoms with Gasteiger partial charge in [-0.25, -0.2) is 0 Å². The van der Waals surface area contributed by atoms with Gasteiger partial charge in [0.05, 0.1) is 22.5 Å². The zero-order chi connectivity index (χ0) is 25.6. The number of nitriles is 1. The largest absolute Gasteiger partial charge is 0.384 e. The molecule has 1 aromatic heterocycles. The van der Waals surface area contributed by atoms with Crippen molar-refractivity contribution >= 4 is 28.5 Å². The molecule has 2 aromatic carbocycles. The van der Waals surface area contributed by atoms with Crippen molar-refractivity contribution in [2.24, 2.45) is 5.73 Å². The lowest BCUT2D eigenvalue weighted by molar-refractivity contribution is -0.384. The number of carbonyl (C=O) groups is 1. The van der Waals surface area contributed by atoms with Crippen LogP contribution in [-0.2, 0) is 4.79 Å². The highest BCUT2D eigenvalue weighted by atomic mass is 32.1. The Bertz CT molecular complexity index is 1480. The number of Topliss-reactive ketones (excluding diaryl/α,β-unsaturated/α-hetero) is 1. The number of benzene rings is 2. The molecule has 2 heterocycles. The lowest BCUT2D eigenvalue weighted by Crippen LogP contribution is -2.40. The highest BCUT2D eigenvalue weighted by Gasteiger charge is 2.43. The highest BCUT2D eigenvalue weighted by Crippen LogP contribution is 2.50. The summed E-state index contributed by atoms with van der Waals surface area (Å²) in [6, 6.07) is 20.3. The summed E-state index contributed by atoms with van der Waals surface area (Å²) in [7, 11) is 0. The average molecular weight is 497 g/mol. The first-order valence-corrected chi connectivity index (χ1v) is 12.4. The molecular formula is C28H24N4O3S. The summed E-state index contributed by atoms with van der Waals surface area (Å²) in [6.07, 6.45) is 0.897. The highest BCUT2D eigenvalue weighted by molar-refractivity contribution is 7.12. The fourth-order valence-electron chi connectivity index (χ4n) is 5.36. The Balaban J connectivity index is 1.73. The molecule has 2 aliphatic rings. The summed E-state index contributed by atoms with van der Waals surface area (Å²) < 4.78 is 0. The Labute approximate surface area is 212 Å². The van der Waals surface area contributed by atoms with Crippen LogP contribution in [0.4, 0.5) is 11.4 Å². The van der Waals surface area contributed by atoms with Gasteiger partial charge in [-0.2, -0.15) is 5.26 Å². The molecule has 1 aliphatic heterocycles. The Morgan fingerprint density at radius 3 is 2.39 bits per heavy atom. The molecule has 180 valence electrons. The minimum Gasteiger partial charge on any atom is -0.384 e. The normalized spacial score (nSPS) is 19.8.